The van der Waals surface area contributed by atoms with E-state index in [1.54, 1.807) is 9.80 Å². The van der Waals surface area contributed by atoms with Gasteiger partial charge in [-0.05, 0) is 24.1 Å². The minimum atomic E-state index is -0.148. The van der Waals surface area contributed by atoms with Gasteiger partial charge in [-0.15, -0.1) is 0 Å². The molecular weight excluding hydrogens is 298 g/mol. The third-order valence-corrected chi connectivity index (χ3v) is 3.86. The van der Waals surface area contributed by atoms with Gasteiger partial charge in [0.15, 0.2) is 0 Å². The van der Waals surface area contributed by atoms with Crippen LogP contribution in [0.4, 0.5) is 5.95 Å². The van der Waals surface area contributed by atoms with Gasteiger partial charge >= 0.3 is 0 Å². The summed E-state index contributed by atoms with van der Waals surface area (Å²) < 4.78 is 5.33. The zero-order valence-electron chi connectivity index (χ0n) is 13.1. The molecule has 1 saturated heterocycles. The molecule has 3 rings (SSSR count). The van der Waals surface area contributed by atoms with Crippen LogP contribution in [0, 0.1) is 0 Å². The maximum absolute atomic E-state index is 12.5. The van der Waals surface area contributed by atoms with Crippen LogP contribution in [-0.4, -0.2) is 58.2 Å². The van der Waals surface area contributed by atoms with Gasteiger partial charge in [-0.25, -0.2) is 0 Å². The second-order valence-electron chi connectivity index (χ2n) is 5.85. The molecule has 2 aromatic rings. The lowest BCUT2D eigenvalue weighted by Gasteiger charge is -2.31. The van der Waals surface area contributed by atoms with Crippen molar-refractivity contribution >= 4 is 11.9 Å². The molecule has 0 unspecified atom stereocenters. The summed E-state index contributed by atoms with van der Waals surface area (Å²) >= 11 is 0. The topological polar surface area (TPSA) is 95.6 Å². The Hall–Kier alpha value is -2.64. The fraction of sp³-hybridized carbons (Fsp3) is 0.467. The second kappa shape index (κ2) is 6.23. The predicted octanol–water partition coefficient (Wildman–Crippen LogP) is 1.26. The maximum Gasteiger partial charge on any atom is 0.265 e. The maximum atomic E-state index is 12.5. The van der Waals surface area contributed by atoms with Crippen molar-refractivity contribution in [3.05, 3.63) is 29.9 Å². The Labute approximate surface area is 133 Å². The fourth-order valence-corrected chi connectivity index (χ4v) is 2.66. The molecule has 0 saturated carbocycles. The Morgan fingerprint density at radius 3 is 2.96 bits per heavy atom. The van der Waals surface area contributed by atoms with Crippen LogP contribution >= 0.6 is 0 Å². The lowest BCUT2D eigenvalue weighted by molar-refractivity contribution is 0.0695. The first-order valence-corrected chi connectivity index (χ1v) is 7.49. The molecule has 0 radical (unpaired) electrons. The van der Waals surface area contributed by atoms with Crippen molar-refractivity contribution in [3.63, 3.8) is 0 Å². The van der Waals surface area contributed by atoms with Crippen LogP contribution in [0.3, 0.4) is 0 Å². The van der Waals surface area contributed by atoms with E-state index in [1.165, 1.54) is 18.5 Å². The lowest BCUT2D eigenvalue weighted by Crippen LogP contribution is -2.39. The van der Waals surface area contributed by atoms with E-state index in [-0.39, 0.29) is 17.6 Å². The number of piperidine rings is 1. The van der Waals surface area contributed by atoms with Crippen LogP contribution in [-0.2, 0) is 0 Å². The highest BCUT2D eigenvalue weighted by Gasteiger charge is 2.29. The molecule has 0 aliphatic carbocycles. The summed E-state index contributed by atoms with van der Waals surface area (Å²) in [5.74, 6) is 0.947. The first kappa shape index (κ1) is 15.3. The SMILES string of the molecule is CN(C)c1noc([C@H]2CCCN(C(=O)c3cncc(O)c3)C2)n1. The number of carbonyl (C=O) groups excluding carboxylic acids is 1. The van der Waals surface area contributed by atoms with Gasteiger partial charge in [0.05, 0.1) is 17.7 Å². The van der Waals surface area contributed by atoms with Gasteiger partial charge in [0.2, 0.25) is 5.89 Å². The van der Waals surface area contributed by atoms with E-state index < -0.39 is 0 Å². The van der Waals surface area contributed by atoms with Gasteiger partial charge in [-0.3, -0.25) is 9.78 Å². The molecule has 0 spiro atoms. The first-order chi connectivity index (χ1) is 11.0. The zero-order chi connectivity index (χ0) is 16.4. The predicted molar refractivity (Wildman–Crippen MR) is 82.4 cm³/mol. The number of hydrogen-bond donors (Lipinski definition) is 1. The van der Waals surface area contributed by atoms with Crippen LogP contribution in [0.1, 0.15) is 35.0 Å². The normalized spacial score (nSPS) is 18.0. The average Bonchev–Trinajstić information content (AvgIpc) is 3.04. The van der Waals surface area contributed by atoms with Crippen LogP contribution in [0.2, 0.25) is 0 Å². The molecule has 122 valence electrons. The third-order valence-electron chi connectivity index (χ3n) is 3.86. The minimum absolute atomic E-state index is 0.0167. The van der Waals surface area contributed by atoms with Crippen LogP contribution in [0.15, 0.2) is 23.0 Å². The van der Waals surface area contributed by atoms with Crippen molar-refractivity contribution in [2.45, 2.75) is 18.8 Å². The van der Waals surface area contributed by atoms with Gasteiger partial charge in [0.25, 0.3) is 11.9 Å². The van der Waals surface area contributed by atoms with Crippen LogP contribution in [0.25, 0.3) is 0 Å². The molecule has 0 aromatic carbocycles. The average molecular weight is 317 g/mol. The van der Waals surface area contributed by atoms with E-state index in [0.29, 0.717) is 30.5 Å². The summed E-state index contributed by atoms with van der Waals surface area (Å²) in [6.45, 7) is 1.18. The molecule has 2 aromatic heterocycles. The Balaban J connectivity index is 1.73. The van der Waals surface area contributed by atoms with E-state index in [0.717, 1.165) is 12.8 Å². The van der Waals surface area contributed by atoms with Gasteiger partial charge in [0, 0.05) is 33.4 Å². The van der Waals surface area contributed by atoms with E-state index in [2.05, 4.69) is 15.1 Å². The number of hydrogen-bond acceptors (Lipinski definition) is 7. The van der Waals surface area contributed by atoms with Crippen LogP contribution < -0.4 is 4.90 Å². The van der Waals surface area contributed by atoms with Gasteiger partial charge < -0.3 is 19.4 Å². The highest BCUT2D eigenvalue weighted by molar-refractivity contribution is 5.94. The van der Waals surface area contributed by atoms with Crippen molar-refractivity contribution in [3.8, 4) is 5.75 Å². The number of rotatable bonds is 3. The molecule has 8 nitrogen and oxygen atoms in total. The monoisotopic (exact) mass is 317 g/mol. The molecule has 1 aliphatic heterocycles. The van der Waals surface area contributed by atoms with E-state index >= 15 is 0 Å². The number of anilines is 1. The molecular formula is C15H19N5O3. The molecule has 1 fully saturated rings. The molecule has 8 heteroatoms. The summed E-state index contributed by atoms with van der Waals surface area (Å²) in [5.41, 5.74) is 0.380. The Kier molecular flexibility index (Phi) is 4.14. The second-order valence-corrected chi connectivity index (χ2v) is 5.85. The standard InChI is InChI=1S/C15H19N5O3/c1-19(2)15-17-13(23-18-15)10-4-3-5-20(9-10)14(22)11-6-12(21)8-16-7-11/h6-8,10,21H,3-5,9H2,1-2H3/t10-/m0/s1. The highest BCUT2D eigenvalue weighted by atomic mass is 16.5. The van der Waals surface area contributed by atoms with Crippen molar-refractivity contribution < 1.29 is 14.4 Å². The third kappa shape index (κ3) is 3.25. The number of aromatic nitrogens is 3. The van der Waals surface area contributed by atoms with E-state index in [4.69, 9.17) is 4.52 Å². The molecule has 3 heterocycles. The number of pyridine rings is 1. The van der Waals surface area contributed by atoms with Gasteiger partial charge in [0.1, 0.15) is 5.75 Å². The molecule has 1 N–H and O–H groups in total. The number of nitrogens with zero attached hydrogens (tertiary/aromatic N) is 5. The number of aromatic hydroxyl groups is 1. The van der Waals surface area contributed by atoms with Crippen molar-refractivity contribution in [2.75, 3.05) is 32.1 Å². The summed E-state index contributed by atoms with van der Waals surface area (Å²) in [4.78, 5) is 24.3. The fourth-order valence-electron chi connectivity index (χ4n) is 2.66. The van der Waals surface area contributed by atoms with Crippen molar-refractivity contribution in [1.29, 1.82) is 0 Å². The molecule has 0 bridgehead atoms. The molecule has 1 amide bonds. The Bertz CT molecular complexity index is 700. The first-order valence-electron chi connectivity index (χ1n) is 7.49. The number of likely N-dealkylation sites (tertiary alicyclic amines) is 1. The molecule has 1 atom stereocenters. The summed E-state index contributed by atoms with van der Waals surface area (Å²) in [7, 11) is 3.69. The largest absolute Gasteiger partial charge is 0.506 e. The van der Waals surface area contributed by atoms with E-state index in [9.17, 15) is 9.90 Å². The highest BCUT2D eigenvalue weighted by Crippen LogP contribution is 2.27. The lowest BCUT2D eigenvalue weighted by atomic mass is 9.97. The zero-order valence-corrected chi connectivity index (χ0v) is 13.1. The number of carbonyl (C=O) groups is 1. The van der Waals surface area contributed by atoms with Crippen molar-refractivity contribution in [2.24, 2.45) is 0 Å². The van der Waals surface area contributed by atoms with Gasteiger partial charge in [-0.2, -0.15) is 4.98 Å². The molecule has 23 heavy (non-hydrogen) atoms. The Morgan fingerprint density at radius 2 is 2.26 bits per heavy atom. The minimum Gasteiger partial charge on any atom is -0.506 e. The summed E-state index contributed by atoms with van der Waals surface area (Å²) in [6, 6.07) is 1.43. The quantitative estimate of drug-likeness (QED) is 0.910. The van der Waals surface area contributed by atoms with E-state index in [1.807, 2.05) is 14.1 Å². The smallest absolute Gasteiger partial charge is 0.265 e. The Morgan fingerprint density at radius 1 is 1.43 bits per heavy atom. The van der Waals surface area contributed by atoms with Gasteiger partial charge in [-0.1, -0.05) is 0 Å². The summed E-state index contributed by atoms with van der Waals surface area (Å²) in [5, 5.41) is 13.4. The van der Waals surface area contributed by atoms with Crippen molar-refractivity contribution in [1.82, 2.24) is 20.0 Å². The molecule has 1 aliphatic rings. The van der Waals surface area contributed by atoms with Crippen LogP contribution in [0.5, 0.6) is 5.75 Å². The number of amides is 1. The summed E-state index contributed by atoms with van der Waals surface area (Å²) in [6.07, 6.45) is 4.53.